The molecule has 1 aromatic heterocycles. The summed E-state index contributed by atoms with van der Waals surface area (Å²) in [5.74, 6) is 2.16. The van der Waals surface area contributed by atoms with E-state index in [4.69, 9.17) is 6.42 Å². The van der Waals surface area contributed by atoms with Gasteiger partial charge in [0.05, 0.1) is 21.7 Å². The number of nitrogens with zero attached hydrogens (tertiary/aromatic N) is 4. The molecule has 1 amide bonds. The summed E-state index contributed by atoms with van der Waals surface area (Å²) >= 11 is 1.20. The molecule has 0 unspecified atom stereocenters. The summed E-state index contributed by atoms with van der Waals surface area (Å²) < 4.78 is 2.36. The number of aromatic nitrogens is 1. The lowest BCUT2D eigenvalue weighted by atomic mass is 10.2. The van der Waals surface area contributed by atoms with Gasteiger partial charge in [0.1, 0.15) is 0 Å². The Bertz CT molecular complexity index is 1170. The molecule has 1 heterocycles. The molecule has 29 heavy (non-hydrogen) atoms. The van der Waals surface area contributed by atoms with E-state index in [-0.39, 0.29) is 18.1 Å². The molecule has 148 valence electrons. The molecule has 3 rings (SSSR count). The normalized spacial score (nSPS) is 11.4. The highest BCUT2D eigenvalue weighted by Gasteiger charge is 2.13. The number of thiazole rings is 1. The zero-order chi connectivity index (χ0) is 21.0. The molecule has 0 aliphatic carbocycles. The van der Waals surface area contributed by atoms with Crippen molar-refractivity contribution in [1.29, 1.82) is 0 Å². The zero-order valence-corrected chi connectivity index (χ0v) is 17.0. The van der Waals surface area contributed by atoms with Crippen LogP contribution in [0.3, 0.4) is 0 Å². The number of amides is 1. The van der Waals surface area contributed by atoms with Gasteiger partial charge in [-0.25, -0.2) is 0 Å². The van der Waals surface area contributed by atoms with Crippen molar-refractivity contribution < 1.29 is 9.72 Å². The highest BCUT2D eigenvalue weighted by molar-refractivity contribution is 7.16. The Morgan fingerprint density at radius 2 is 1.93 bits per heavy atom. The van der Waals surface area contributed by atoms with Gasteiger partial charge in [-0.1, -0.05) is 17.3 Å². The van der Waals surface area contributed by atoms with Gasteiger partial charge in [-0.05, 0) is 44.2 Å². The van der Waals surface area contributed by atoms with E-state index in [0.29, 0.717) is 20.6 Å². The van der Waals surface area contributed by atoms with Crippen molar-refractivity contribution in [2.75, 3.05) is 18.0 Å². The first-order valence-corrected chi connectivity index (χ1v) is 9.95. The minimum Gasteiger partial charge on any atom is -0.372 e. The van der Waals surface area contributed by atoms with Crippen LogP contribution in [0.1, 0.15) is 24.2 Å². The van der Waals surface area contributed by atoms with Crippen molar-refractivity contribution in [3.05, 3.63) is 62.9 Å². The lowest BCUT2D eigenvalue weighted by Crippen LogP contribution is -2.21. The second-order valence-corrected chi connectivity index (χ2v) is 7.23. The number of nitro groups is 1. The predicted molar refractivity (Wildman–Crippen MR) is 115 cm³/mol. The van der Waals surface area contributed by atoms with Gasteiger partial charge >= 0.3 is 0 Å². The van der Waals surface area contributed by atoms with Crippen LogP contribution in [-0.4, -0.2) is 28.5 Å². The van der Waals surface area contributed by atoms with Gasteiger partial charge in [0.2, 0.25) is 0 Å². The Kier molecular flexibility index (Phi) is 6.10. The fourth-order valence-corrected chi connectivity index (χ4v) is 4.12. The van der Waals surface area contributed by atoms with Crippen molar-refractivity contribution in [3.8, 4) is 12.3 Å². The zero-order valence-electron chi connectivity index (χ0n) is 16.2. The number of anilines is 1. The number of hydrogen-bond acceptors (Lipinski definition) is 5. The molecule has 0 radical (unpaired) electrons. The van der Waals surface area contributed by atoms with Gasteiger partial charge in [-0.2, -0.15) is 4.99 Å². The standard InChI is InChI=1S/C21H20N4O3S/c1-4-13-24-18-12-11-17(25(27)28)14-19(18)29-21(24)22-20(26)15-7-9-16(10-8-15)23(5-2)6-3/h1,7-12,14H,5-6,13H2,2-3H3. The van der Waals surface area contributed by atoms with Crippen molar-refractivity contribution >= 4 is 38.8 Å². The minimum absolute atomic E-state index is 0.0172. The third-order valence-corrected chi connectivity index (χ3v) is 5.61. The first-order chi connectivity index (χ1) is 14.0. The molecule has 8 heteroatoms. The van der Waals surface area contributed by atoms with E-state index in [9.17, 15) is 14.9 Å². The molecule has 7 nitrogen and oxygen atoms in total. The fourth-order valence-electron chi connectivity index (χ4n) is 3.06. The highest BCUT2D eigenvalue weighted by Crippen LogP contribution is 2.23. The summed E-state index contributed by atoms with van der Waals surface area (Å²) in [6.45, 7) is 6.13. The molecule has 0 atom stereocenters. The number of non-ortho nitro benzene ring substituents is 1. The molecule has 0 N–H and O–H groups in total. The maximum absolute atomic E-state index is 12.7. The Hall–Kier alpha value is -3.44. The maximum Gasteiger partial charge on any atom is 0.279 e. The van der Waals surface area contributed by atoms with Crippen LogP contribution in [0.2, 0.25) is 0 Å². The number of terminal acetylenes is 1. The van der Waals surface area contributed by atoms with E-state index in [0.717, 1.165) is 18.8 Å². The van der Waals surface area contributed by atoms with Crippen LogP contribution in [0.5, 0.6) is 0 Å². The van der Waals surface area contributed by atoms with Gasteiger partial charge in [0, 0.05) is 36.5 Å². The number of carbonyl (C=O) groups is 1. The third-order valence-electron chi connectivity index (χ3n) is 4.57. The molecular formula is C21H20N4O3S. The quantitative estimate of drug-likeness (QED) is 0.353. The molecule has 0 fully saturated rings. The van der Waals surface area contributed by atoms with E-state index in [1.807, 2.05) is 12.1 Å². The van der Waals surface area contributed by atoms with Crippen molar-refractivity contribution in [3.63, 3.8) is 0 Å². The van der Waals surface area contributed by atoms with Crippen molar-refractivity contribution in [1.82, 2.24) is 4.57 Å². The lowest BCUT2D eigenvalue weighted by Gasteiger charge is -2.20. The topological polar surface area (TPSA) is 80.7 Å². The Labute approximate surface area is 172 Å². The van der Waals surface area contributed by atoms with Crippen LogP contribution >= 0.6 is 11.3 Å². The largest absolute Gasteiger partial charge is 0.372 e. The number of rotatable bonds is 6. The Balaban J connectivity index is 2.02. The summed E-state index contributed by atoms with van der Waals surface area (Å²) in [7, 11) is 0. The molecule has 3 aromatic rings. The van der Waals surface area contributed by atoms with Crippen molar-refractivity contribution in [2.45, 2.75) is 20.4 Å². The molecular weight excluding hydrogens is 388 g/mol. The SMILES string of the molecule is C#CCn1c(=NC(=O)c2ccc(N(CC)CC)cc2)sc2cc([N+](=O)[O-])ccc21. The summed E-state index contributed by atoms with van der Waals surface area (Å²) in [6, 6.07) is 11.8. The van der Waals surface area contributed by atoms with Gasteiger partial charge in [0.15, 0.2) is 4.80 Å². The number of nitro benzene ring substituents is 1. The molecule has 0 saturated carbocycles. The Morgan fingerprint density at radius 1 is 1.24 bits per heavy atom. The number of carbonyl (C=O) groups excluding carboxylic acids is 1. The summed E-state index contributed by atoms with van der Waals surface area (Å²) in [5, 5.41) is 11.0. The second-order valence-electron chi connectivity index (χ2n) is 6.22. The van der Waals surface area contributed by atoms with Crippen molar-refractivity contribution in [2.24, 2.45) is 4.99 Å². The van der Waals surface area contributed by atoms with Crippen LogP contribution in [0.15, 0.2) is 47.5 Å². The highest BCUT2D eigenvalue weighted by atomic mass is 32.1. The molecule has 2 aromatic carbocycles. The van der Waals surface area contributed by atoms with Crippen LogP contribution < -0.4 is 9.70 Å². The van der Waals surface area contributed by atoms with Crippen LogP contribution in [0.4, 0.5) is 11.4 Å². The molecule has 0 saturated heterocycles. The predicted octanol–water partition coefficient (Wildman–Crippen LogP) is 3.83. The van der Waals surface area contributed by atoms with Crippen LogP contribution in [0.25, 0.3) is 10.2 Å². The maximum atomic E-state index is 12.7. The van der Waals surface area contributed by atoms with E-state index >= 15 is 0 Å². The van der Waals surface area contributed by atoms with Crippen LogP contribution in [-0.2, 0) is 6.54 Å². The molecule has 0 aliphatic heterocycles. The smallest absolute Gasteiger partial charge is 0.279 e. The summed E-state index contributed by atoms with van der Waals surface area (Å²) in [4.78, 5) is 30.1. The average Bonchev–Trinajstić information content (AvgIpc) is 3.06. The number of hydrogen-bond donors (Lipinski definition) is 0. The van der Waals surface area contributed by atoms with Crippen LogP contribution in [0, 0.1) is 22.5 Å². The average molecular weight is 408 g/mol. The van der Waals surface area contributed by atoms with E-state index < -0.39 is 4.92 Å². The number of fused-ring (bicyclic) bond motifs is 1. The molecule has 0 spiro atoms. The second kappa shape index (κ2) is 8.71. The van der Waals surface area contributed by atoms with Gasteiger partial charge in [-0.3, -0.25) is 14.9 Å². The summed E-state index contributed by atoms with van der Waals surface area (Å²) in [5.41, 5.74) is 2.21. The van der Waals surface area contributed by atoms with Gasteiger partial charge in [0.25, 0.3) is 11.6 Å². The first-order valence-electron chi connectivity index (χ1n) is 9.13. The Morgan fingerprint density at radius 3 is 2.52 bits per heavy atom. The van der Waals surface area contributed by atoms with Gasteiger partial charge < -0.3 is 9.47 Å². The molecule has 0 bridgehead atoms. The summed E-state index contributed by atoms with van der Waals surface area (Å²) in [6.07, 6.45) is 5.47. The first kappa shape index (κ1) is 20.3. The van der Waals surface area contributed by atoms with E-state index in [2.05, 4.69) is 29.7 Å². The molecule has 0 aliphatic rings. The van der Waals surface area contributed by atoms with E-state index in [1.54, 1.807) is 22.8 Å². The fraction of sp³-hybridized carbons (Fsp3) is 0.238. The van der Waals surface area contributed by atoms with E-state index in [1.165, 1.54) is 23.5 Å². The minimum atomic E-state index is -0.454. The lowest BCUT2D eigenvalue weighted by molar-refractivity contribution is -0.384. The monoisotopic (exact) mass is 408 g/mol. The number of benzene rings is 2. The van der Waals surface area contributed by atoms with Gasteiger partial charge in [-0.15, -0.1) is 6.42 Å². The third kappa shape index (κ3) is 4.20.